The molecule has 3 atom stereocenters. The lowest BCUT2D eigenvalue weighted by atomic mass is 9.66. The van der Waals surface area contributed by atoms with Gasteiger partial charge in [0.15, 0.2) is 0 Å². The van der Waals surface area contributed by atoms with E-state index in [1.54, 1.807) is 0 Å². The van der Waals surface area contributed by atoms with E-state index in [9.17, 15) is 5.11 Å². The number of aliphatic hydroxyl groups is 1. The first-order chi connectivity index (χ1) is 7.66. The van der Waals surface area contributed by atoms with E-state index < -0.39 is 0 Å². The van der Waals surface area contributed by atoms with Crippen molar-refractivity contribution < 1.29 is 5.11 Å². The number of hydrogen-bond donors (Lipinski definition) is 1. The van der Waals surface area contributed by atoms with Gasteiger partial charge < -0.3 is 5.11 Å². The number of rotatable bonds is 2. The van der Waals surface area contributed by atoms with Crippen LogP contribution in [0.5, 0.6) is 0 Å². The molecule has 1 nitrogen and oxygen atoms in total. The van der Waals surface area contributed by atoms with Crippen LogP contribution in [0, 0.1) is 11.8 Å². The highest BCUT2D eigenvalue weighted by atomic mass is 16.3. The Hall–Kier alpha value is -1.08. The van der Waals surface area contributed by atoms with Crippen LogP contribution in [0.4, 0.5) is 0 Å². The first-order valence-electron chi connectivity index (χ1n) is 6.02. The lowest BCUT2D eigenvalue weighted by Crippen LogP contribution is -2.36. The Morgan fingerprint density at radius 3 is 2.62 bits per heavy atom. The molecule has 1 aromatic rings. The SMILES string of the molecule is CC1C=CC(C)(c2ccccc2)C(CO)C1. The third-order valence-corrected chi connectivity index (χ3v) is 3.89. The van der Waals surface area contributed by atoms with Crippen molar-refractivity contribution in [1.82, 2.24) is 0 Å². The number of benzene rings is 1. The van der Waals surface area contributed by atoms with Crippen LogP contribution in [0.2, 0.25) is 0 Å². The standard InChI is InChI=1S/C15H20O/c1-12-8-9-15(2,14(10-12)11-16)13-6-4-3-5-7-13/h3-9,12,14,16H,10-11H2,1-2H3. The summed E-state index contributed by atoms with van der Waals surface area (Å²) in [7, 11) is 0. The summed E-state index contributed by atoms with van der Waals surface area (Å²) in [5, 5.41) is 9.57. The molecule has 0 fully saturated rings. The molecule has 0 saturated carbocycles. The number of aliphatic hydroxyl groups excluding tert-OH is 1. The van der Waals surface area contributed by atoms with Crippen molar-refractivity contribution in [3.8, 4) is 0 Å². The quantitative estimate of drug-likeness (QED) is 0.753. The van der Waals surface area contributed by atoms with Crippen LogP contribution >= 0.6 is 0 Å². The molecule has 1 aliphatic carbocycles. The fourth-order valence-electron chi connectivity index (χ4n) is 2.67. The summed E-state index contributed by atoms with van der Waals surface area (Å²) in [4.78, 5) is 0. The van der Waals surface area contributed by atoms with Crippen LogP contribution < -0.4 is 0 Å². The molecule has 16 heavy (non-hydrogen) atoms. The van der Waals surface area contributed by atoms with E-state index in [-0.39, 0.29) is 12.0 Å². The van der Waals surface area contributed by atoms with Gasteiger partial charge in [0.25, 0.3) is 0 Å². The van der Waals surface area contributed by atoms with Gasteiger partial charge in [-0.2, -0.15) is 0 Å². The van der Waals surface area contributed by atoms with Crippen LogP contribution in [0.15, 0.2) is 42.5 Å². The van der Waals surface area contributed by atoms with Crippen molar-refractivity contribution in [3.63, 3.8) is 0 Å². The van der Waals surface area contributed by atoms with E-state index in [2.05, 4.69) is 50.3 Å². The first kappa shape index (κ1) is 11.4. The summed E-state index contributed by atoms with van der Waals surface area (Å²) < 4.78 is 0. The normalized spacial score (nSPS) is 33.9. The molecule has 0 aromatic heterocycles. The highest BCUT2D eigenvalue weighted by Gasteiger charge is 2.36. The Kier molecular flexibility index (Phi) is 3.15. The third-order valence-electron chi connectivity index (χ3n) is 3.89. The van der Waals surface area contributed by atoms with Gasteiger partial charge in [0, 0.05) is 12.0 Å². The van der Waals surface area contributed by atoms with Gasteiger partial charge >= 0.3 is 0 Å². The molecule has 0 radical (unpaired) electrons. The zero-order valence-corrected chi connectivity index (χ0v) is 10.1. The molecule has 0 bridgehead atoms. The molecular weight excluding hydrogens is 196 g/mol. The van der Waals surface area contributed by atoms with Gasteiger partial charge in [0.2, 0.25) is 0 Å². The lowest BCUT2D eigenvalue weighted by molar-refractivity contribution is 0.155. The van der Waals surface area contributed by atoms with Crippen LogP contribution in [-0.4, -0.2) is 11.7 Å². The predicted molar refractivity (Wildman–Crippen MR) is 67.3 cm³/mol. The molecule has 1 heteroatoms. The molecule has 0 spiro atoms. The second kappa shape index (κ2) is 4.42. The zero-order valence-electron chi connectivity index (χ0n) is 10.1. The Morgan fingerprint density at radius 1 is 1.31 bits per heavy atom. The summed E-state index contributed by atoms with van der Waals surface area (Å²) in [6.07, 6.45) is 5.62. The molecule has 3 unspecified atom stereocenters. The third kappa shape index (κ3) is 1.92. The van der Waals surface area contributed by atoms with Gasteiger partial charge in [-0.05, 0) is 23.8 Å². The largest absolute Gasteiger partial charge is 0.396 e. The molecule has 1 aliphatic rings. The van der Waals surface area contributed by atoms with Crippen molar-refractivity contribution in [2.24, 2.45) is 11.8 Å². The zero-order chi connectivity index (χ0) is 11.6. The topological polar surface area (TPSA) is 20.2 Å². The Balaban J connectivity index is 2.39. The van der Waals surface area contributed by atoms with E-state index in [1.807, 2.05) is 6.07 Å². The maximum absolute atomic E-state index is 9.57. The molecule has 1 N–H and O–H groups in total. The van der Waals surface area contributed by atoms with E-state index >= 15 is 0 Å². The first-order valence-corrected chi connectivity index (χ1v) is 6.02. The summed E-state index contributed by atoms with van der Waals surface area (Å²) in [5.41, 5.74) is 1.29. The average molecular weight is 216 g/mol. The van der Waals surface area contributed by atoms with Crippen molar-refractivity contribution >= 4 is 0 Å². The summed E-state index contributed by atoms with van der Waals surface area (Å²) in [6.45, 7) is 4.70. The highest BCUT2D eigenvalue weighted by molar-refractivity contribution is 5.32. The molecule has 0 heterocycles. The van der Waals surface area contributed by atoms with Crippen molar-refractivity contribution in [3.05, 3.63) is 48.0 Å². The summed E-state index contributed by atoms with van der Waals surface area (Å²) in [5.74, 6) is 0.906. The van der Waals surface area contributed by atoms with E-state index in [1.165, 1.54) is 5.56 Å². The van der Waals surface area contributed by atoms with Gasteiger partial charge in [-0.25, -0.2) is 0 Å². The fraction of sp³-hybridized carbons (Fsp3) is 0.467. The Bertz CT molecular complexity index is 368. The molecule has 86 valence electrons. The van der Waals surface area contributed by atoms with Gasteiger partial charge in [-0.15, -0.1) is 0 Å². The minimum absolute atomic E-state index is 0.0114. The highest BCUT2D eigenvalue weighted by Crippen LogP contribution is 2.40. The second-order valence-electron chi connectivity index (χ2n) is 5.10. The van der Waals surface area contributed by atoms with Gasteiger partial charge in [0.1, 0.15) is 0 Å². The second-order valence-corrected chi connectivity index (χ2v) is 5.10. The van der Waals surface area contributed by atoms with Crippen LogP contribution in [0.3, 0.4) is 0 Å². The Labute approximate surface area is 97.8 Å². The van der Waals surface area contributed by atoms with Gasteiger partial charge in [0.05, 0.1) is 0 Å². The number of allylic oxidation sites excluding steroid dienone is 2. The average Bonchev–Trinajstić information content (AvgIpc) is 2.33. The molecule has 0 aliphatic heterocycles. The lowest BCUT2D eigenvalue weighted by Gasteiger charge is -2.39. The molecule has 2 rings (SSSR count). The van der Waals surface area contributed by atoms with Gasteiger partial charge in [-0.3, -0.25) is 0 Å². The Morgan fingerprint density at radius 2 is 2.00 bits per heavy atom. The van der Waals surface area contributed by atoms with Gasteiger partial charge in [-0.1, -0.05) is 56.3 Å². The smallest absolute Gasteiger partial charge is 0.0470 e. The van der Waals surface area contributed by atoms with Crippen LogP contribution in [0.1, 0.15) is 25.8 Å². The summed E-state index contributed by atoms with van der Waals surface area (Å²) in [6, 6.07) is 10.5. The minimum Gasteiger partial charge on any atom is -0.396 e. The van der Waals surface area contributed by atoms with Crippen LogP contribution in [-0.2, 0) is 5.41 Å². The molecule has 0 amide bonds. The number of hydrogen-bond acceptors (Lipinski definition) is 1. The predicted octanol–water partition coefficient (Wildman–Crippen LogP) is 3.15. The molecule has 0 saturated heterocycles. The van der Waals surface area contributed by atoms with Crippen LogP contribution in [0.25, 0.3) is 0 Å². The summed E-state index contributed by atoms with van der Waals surface area (Å²) >= 11 is 0. The minimum atomic E-state index is -0.0114. The monoisotopic (exact) mass is 216 g/mol. The molecular formula is C15H20O. The van der Waals surface area contributed by atoms with Crippen molar-refractivity contribution in [2.75, 3.05) is 6.61 Å². The van der Waals surface area contributed by atoms with E-state index in [0.29, 0.717) is 11.8 Å². The fourth-order valence-corrected chi connectivity index (χ4v) is 2.67. The van der Waals surface area contributed by atoms with Crippen molar-refractivity contribution in [1.29, 1.82) is 0 Å². The van der Waals surface area contributed by atoms with Crippen molar-refractivity contribution in [2.45, 2.75) is 25.7 Å². The van der Waals surface area contributed by atoms with E-state index in [4.69, 9.17) is 0 Å². The van der Waals surface area contributed by atoms with E-state index in [0.717, 1.165) is 6.42 Å². The maximum atomic E-state index is 9.57. The molecule has 1 aromatic carbocycles. The maximum Gasteiger partial charge on any atom is 0.0470 e.